The van der Waals surface area contributed by atoms with Gasteiger partial charge in [0, 0.05) is 12.5 Å². The molecule has 0 spiro atoms. The van der Waals surface area contributed by atoms with Gasteiger partial charge < -0.3 is 9.64 Å². The van der Waals surface area contributed by atoms with E-state index in [0.717, 1.165) is 41.4 Å². The van der Waals surface area contributed by atoms with Crippen LogP contribution < -0.4 is 9.64 Å². The van der Waals surface area contributed by atoms with Gasteiger partial charge in [-0.3, -0.25) is 8.98 Å². The van der Waals surface area contributed by atoms with Crippen molar-refractivity contribution in [1.82, 2.24) is 0 Å². The maximum absolute atomic E-state index is 14.3. The van der Waals surface area contributed by atoms with E-state index < -0.39 is 15.9 Å². The lowest BCUT2D eigenvalue weighted by atomic mass is 10.0. The molecule has 0 aliphatic heterocycles. The van der Waals surface area contributed by atoms with Crippen LogP contribution in [0.5, 0.6) is 5.75 Å². The minimum atomic E-state index is -3.57. The lowest BCUT2D eigenvalue weighted by Gasteiger charge is -2.26. The fourth-order valence-corrected chi connectivity index (χ4v) is 4.28. The summed E-state index contributed by atoms with van der Waals surface area (Å²) in [6.07, 6.45) is 3.16. The second kappa shape index (κ2) is 12.6. The normalized spacial score (nSPS) is 11.3. The summed E-state index contributed by atoms with van der Waals surface area (Å²) >= 11 is 0. The first-order valence-corrected chi connectivity index (χ1v) is 13.7. The van der Waals surface area contributed by atoms with Gasteiger partial charge in [-0.1, -0.05) is 55.5 Å². The van der Waals surface area contributed by atoms with Crippen LogP contribution in [-0.2, 0) is 44.9 Å². The first-order valence-electron chi connectivity index (χ1n) is 11.9. The standard InChI is InChI=1S/C28H32FNO5S/c1-4-22-11-15-28(34-16-17-35-36(3,32)33)25(18-22)20-30(21(2)31)27-19-26(29)14-13-24(27)12-10-23-8-6-5-7-9-23/h5-9,11,13-15,18-19H,4,10,12,16-17,20H2,1-3H3. The van der Waals surface area contributed by atoms with E-state index in [9.17, 15) is 17.6 Å². The number of anilines is 1. The summed E-state index contributed by atoms with van der Waals surface area (Å²) in [7, 11) is -3.57. The van der Waals surface area contributed by atoms with E-state index in [4.69, 9.17) is 8.92 Å². The molecule has 0 unspecified atom stereocenters. The molecule has 0 aliphatic carbocycles. The largest absolute Gasteiger partial charge is 0.491 e. The molecule has 0 atom stereocenters. The van der Waals surface area contributed by atoms with Crippen LogP contribution in [0.2, 0.25) is 0 Å². The van der Waals surface area contributed by atoms with E-state index in [2.05, 4.69) is 0 Å². The first-order chi connectivity index (χ1) is 17.2. The predicted octanol–water partition coefficient (Wildman–Crippen LogP) is 5.08. The van der Waals surface area contributed by atoms with Crippen molar-refractivity contribution >= 4 is 21.7 Å². The molecule has 1 amide bonds. The second-order valence-corrected chi connectivity index (χ2v) is 10.2. The summed E-state index contributed by atoms with van der Waals surface area (Å²) in [6.45, 7) is 3.55. The zero-order valence-electron chi connectivity index (χ0n) is 20.9. The molecule has 0 saturated heterocycles. The van der Waals surface area contributed by atoms with Crippen molar-refractivity contribution in [3.05, 3.63) is 94.8 Å². The van der Waals surface area contributed by atoms with Crippen molar-refractivity contribution in [2.24, 2.45) is 0 Å². The summed E-state index contributed by atoms with van der Waals surface area (Å²) in [5.74, 6) is -0.135. The summed E-state index contributed by atoms with van der Waals surface area (Å²) in [6, 6.07) is 20.2. The lowest BCUT2D eigenvalue weighted by Crippen LogP contribution is -2.29. The Balaban J connectivity index is 1.87. The van der Waals surface area contributed by atoms with Gasteiger partial charge in [-0.05, 0) is 54.2 Å². The maximum atomic E-state index is 14.3. The number of carbonyl (C=O) groups is 1. The Morgan fingerprint density at radius 3 is 2.33 bits per heavy atom. The number of amides is 1. The molecule has 0 fully saturated rings. The van der Waals surface area contributed by atoms with Crippen molar-refractivity contribution in [1.29, 1.82) is 0 Å². The molecule has 6 nitrogen and oxygen atoms in total. The predicted molar refractivity (Wildman–Crippen MR) is 139 cm³/mol. The van der Waals surface area contributed by atoms with Crippen LogP contribution in [0, 0.1) is 5.82 Å². The van der Waals surface area contributed by atoms with E-state index in [1.165, 1.54) is 19.1 Å². The summed E-state index contributed by atoms with van der Waals surface area (Å²) in [5, 5.41) is 0. The number of aryl methyl sites for hydroxylation is 3. The van der Waals surface area contributed by atoms with Gasteiger partial charge in [0.2, 0.25) is 5.91 Å². The molecule has 3 rings (SSSR count). The number of ether oxygens (including phenoxy) is 1. The number of benzene rings is 3. The Kier molecular flexibility index (Phi) is 9.61. The molecule has 192 valence electrons. The van der Waals surface area contributed by atoms with E-state index in [1.807, 2.05) is 49.4 Å². The third-order valence-electron chi connectivity index (χ3n) is 5.74. The maximum Gasteiger partial charge on any atom is 0.264 e. The average molecular weight is 514 g/mol. The molecule has 0 bridgehead atoms. The van der Waals surface area contributed by atoms with E-state index in [0.29, 0.717) is 17.9 Å². The van der Waals surface area contributed by atoms with Crippen LogP contribution in [0.3, 0.4) is 0 Å². The van der Waals surface area contributed by atoms with Crippen molar-refractivity contribution in [3.8, 4) is 5.75 Å². The molecular weight excluding hydrogens is 481 g/mol. The Bertz CT molecular complexity index is 1280. The Morgan fingerprint density at radius 2 is 1.67 bits per heavy atom. The first kappa shape index (κ1) is 27.4. The van der Waals surface area contributed by atoms with Gasteiger partial charge in [0.05, 0.1) is 18.5 Å². The van der Waals surface area contributed by atoms with Gasteiger partial charge in [0.15, 0.2) is 0 Å². The van der Waals surface area contributed by atoms with Crippen LogP contribution in [0.1, 0.15) is 36.1 Å². The number of rotatable bonds is 12. The summed E-state index contributed by atoms with van der Waals surface area (Å²) < 4.78 is 47.4. The molecule has 0 aliphatic rings. The monoisotopic (exact) mass is 513 g/mol. The zero-order chi connectivity index (χ0) is 26.1. The molecule has 3 aromatic rings. The molecule has 0 heterocycles. The SMILES string of the molecule is CCc1ccc(OCCOS(C)(=O)=O)c(CN(C(C)=O)c2cc(F)ccc2CCc2ccccc2)c1. The van der Waals surface area contributed by atoms with Crippen LogP contribution >= 0.6 is 0 Å². The fraction of sp³-hybridized carbons (Fsp3) is 0.321. The Labute approximate surface area is 212 Å². The summed E-state index contributed by atoms with van der Waals surface area (Å²) in [4.78, 5) is 14.4. The highest BCUT2D eigenvalue weighted by Crippen LogP contribution is 2.29. The highest BCUT2D eigenvalue weighted by Gasteiger charge is 2.19. The quantitative estimate of drug-likeness (QED) is 0.249. The molecule has 8 heteroatoms. The van der Waals surface area contributed by atoms with Gasteiger partial charge in [-0.25, -0.2) is 4.39 Å². The van der Waals surface area contributed by atoms with E-state index in [-0.39, 0.29) is 25.7 Å². The fourth-order valence-electron chi connectivity index (χ4n) is 3.91. The molecule has 3 aromatic carbocycles. The zero-order valence-corrected chi connectivity index (χ0v) is 21.7. The van der Waals surface area contributed by atoms with Gasteiger partial charge >= 0.3 is 0 Å². The molecular formula is C28H32FNO5S. The van der Waals surface area contributed by atoms with Crippen LogP contribution in [0.4, 0.5) is 10.1 Å². The number of halogens is 1. The molecule has 0 aromatic heterocycles. The van der Waals surface area contributed by atoms with Gasteiger partial charge in [-0.2, -0.15) is 8.42 Å². The van der Waals surface area contributed by atoms with Crippen LogP contribution in [-0.4, -0.2) is 33.8 Å². The highest BCUT2D eigenvalue weighted by atomic mass is 32.2. The number of hydrogen-bond acceptors (Lipinski definition) is 5. The molecule has 36 heavy (non-hydrogen) atoms. The van der Waals surface area contributed by atoms with Crippen molar-refractivity contribution in [2.75, 3.05) is 24.4 Å². The summed E-state index contributed by atoms with van der Waals surface area (Å²) in [5.41, 5.74) is 4.33. The second-order valence-electron chi connectivity index (χ2n) is 8.53. The van der Waals surface area contributed by atoms with Crippen molar-refractivity contribution in [2.45, 2.75) is 39.7 Å². The molecule has 0 N–H and O–H groups in total. The minimum Gasteiger partial charge on any atom is -0.491 e. The van der Waals surface area contributed by atoms with E-state index >= 15 is 0 Å². The van der Waals surface area contributed by atoms with E-state index in [1.54, 1.807) is 17.0 Å². The number of carbonyl (C=O) groups excluding carboxylic acids is 1. The van der Waals surface area contributed by atoms with Gasteiger partial charge in [-0.15, -0.1) is 0 Å². The topological polar surface area (TPSA) is 72.9 Å². The Hall–Kier alpha value is -3.23. The molecule has 0 saturated carbocycles. The number of nitrogens with zero attached hydrogens (tertiary/aromatic N) is 1. The van der Waals surface area contributed by atoms with Gasteiger partial charge in [0.1, 0.15) is 24.8 Å². The van der Waals surface area contributed by atoms with Crippen LogP contribution in [0.15, 0.2) is 66.7 Å². The average Bonchev–Trinajstić information content (AvgIpc) is 2.84. The third kappa shape index (κ3) is 8.17. The Morgan fingerprint density at radius 1 is 0.917 bits per heavy atom. The molecule has 0 radical (unpaired) electrons. The lowest BCUT2D eigenvalue weighted by molar-refractivity contribution is -0.116. The van der Waals surface area contributed by atoms with Gasteiger partial charge in [0.25, 0.3) is 10.1 Å². The van der Waals surface area contributed by atoms with Crippen molar-refractivity contribution < 1.29 is 26.5 Å². The van der Waals surface area contributed by atoms with Crippen molar-refractivity contribution in [3.63, 3.8) is 0 Å². The third-order valence-corrected chi connectivity index (χ3v) is 6.34. The minimum absolute atomic E-state index is 0.0217. The number of hydrogen-bond donors (Lipinski definition) is 0. The highest BCUT2D eigenvalue weighted by molar-refractivity contribution is 7.85. The smallest absolute Gasteiger partial charge is 0.264 e. The van der Waals surface area contributed by atoms with Crippen LogP contribution in [0.25, 0.3) is 0 Å².